The first-order valence-electron chi connectivity index (χ1n) is 11.8. The van der Waals surface area contributed by atoms with Crippen molar-refractivity contribution in [2.24, 2.45) is 4.99 Å². The van der Waals surface area contributed by atoms with Crippen LogP contribution in [-0.4, -0.2) is 35.7 Å². The van der Waals surface area contributed by atoms with E-state index in [-0.39, 0.29) is 55.8 Å². The van der Waals surface area contributed by atoms with Gasteiger partial charge in [-0.15, -0.1) is 0 Å². The van der Waals surface area contributed by atoms with E-state index in [1.54, 1.807) is 55.5 Å². The number of carbonyl (C=O) groups is 2. The fourth-order valence-electron chi connectivity index (χ4n) is 3.66. The van der Waals surface area contributed by atoms with Crippen molar-refractivity contribution in [2.45, 2.75) is 13.5 Å². The number of rotatable bonds is 8. The number of benzene rings is 3. The zero-order chi connectivity index (χ0) is 28.8. The molecule has 7 nitrogen and oxygen atoms in total. The molecular weight excluding hydrogens is 580 g/mol. The largest absolute Gasteiger partial charge is 0.506 e. The molecular formula is C29H22Cl2FNO6S. The number of aliphatic hydroxyl groups is 1. The average molecular weight is 602 g/mol. The van der Waals surface area contributed by atoms with Gasteiger partial charge in [0.1, 0.15) is 28.8 Å². The van der Waals surface area contributed by atoms with E-state index in [0.29, 0.717) is 11.1 Å². The molecule has 0 unspecified atom stereocenters. The molecule has 0 bridgehead atoms. The van der Waals surface area contributed by atoms with Crippen LogP contribution in [0.2, 0.25) is 10.0 Å². The van der Waals surface area contributed by atoms with Crippen LogP contribution < -0.4 is 9.47 Å². The summed E-state index contributed by atoms with van der Waals surface area (Å²) in [6.45, 7) is 1.58. The third-order valence-corrected chi connectivity index (χ3v) is 7.19. The number of amides is 1. The lowest BCUT2D eigenvalue weighted by Gasteiger charge is -2.14. The first-order valence-corrected chi connectivity index (χ1v) is 13.4. The number of esters is 1. The molecule has 1 N–H and O–H groups in total. The number of hydrogen-bond donors (Lipinski definition) is 1. The summed E-state index contributed by atoms with van der Waals surface area (Å²) < 4.78 is 30.3. The standard InChI is InChI=1S/C29H22Cl2FNO6S/c1-3-38-29(36)24-25(34)23(40-28(24)33-27(35)18-9-5-6-10-19(18)30)14-16-12-20(31)26(22(13-16)37-2)39-15-17-8-4-7-11-21(17)32/h4-14,34H,3,15H2,1-2H3/b23-14-,33-28?. The number of carbonyl (C=O) groups excluding carboxylic acids is 2. The Morgan fingerprint density at radius 1 is 1.07 bits per heavy atom. The van der Waals surface area contributed by atoms with Crippen LogP contribution in [0.4, 0.5) is 4.39 Å². The van der Waals surface area contributed by atoms with Gasteiger partial charge >= 0.3 is 5.97 Å². The highest BCUT2D eigenvalue weighted by molar-refractivity contribution is 8.18. The van der Waals surface area contributed by atoms with Gasteiger partial charge in [0.05, 0.1) is 34.2 Å². The third-order valence-electron chi connectivity index (χ3n) is 5.56. The Morgan fingerprint density at radius 2 is 1.80 bits per heavy atom. The molecule has 206 valence electrons. The molecule has 1 heterocycles. The molecule has 11 heteroatoms. The Bertz CT molecular complexity index is 1570. The zero-order valence-corrected chi connectivity index (χ0v) is 23.6. The van der Waals surface area contributed by atoms with Crippen molar-refractivity contribution in [2.75, 3.05) is 13.7 Å². The number of methoxy groups -OCH3 is 1. The lowest BCUT2D eigenvalue weighted by molar-refractivity contribution is -0.138. The second kappa shape index (κ2) is 13.0. The Hall–Kier alpha value is -3.79. The van der Waals surface area contributed by atoms with Crippen LogP contribution in [0.5, 0.6) is 11.5 Å². The van der Waals surface area contributed by atoms with Gasteiger partial charge in [0.25, 0.3) is 5.91 Å². The summed E-state index contributed by atoms with van der Waals surface area (Å²) in [4.78, 5) is 29.8. The van der Waals surface area contributed by atoms with Crippen molar-refractivity contribution in [3.05, 3.63) is 109 Å². The molecule has 0 atom stereocenters. The van der Waals surface area contributed by atoms with Gasteiger partial charge in [-0.3, -0.25) is 4.79 Å². The van der Waals surface area contributed by atoms with Crippen LogP contribution in [0.1, 0.15) is 28.4 Å². The van der Waals surface area contributed by atoms with Gasteiger partial charge in [0.15, 0.2) is 11.5 Å². The van der Waals surface area contributed by atoms with Crippen molar-refractivity contribution >= 4 is 58.0 Å². The predicted molar refractivity (Wildman–Crippen MR) is 154 cm³/mol. The molecule has 0 saturated heterocycles. The molecule has 4 rings (SSSR count). The number of aliphatic imine (C=N–C) groups is 1. The van der Waals surface area contributed by atoms with Crippen molar-refractivity contribution in [1.29, 1.82) is 0 Å². The van der Waals surface area contributed by atoms with E-state index in [1.807, 2.05) is 0 Å². The number of hydrogen-bond acceptors (Lipinski definition) is 7. The normalized spacial score (nSPS) is 15.0. The quantitative estimate of drug-likeness (QED) is 0.268. The maximum atomic E-state index is 14.0. The molecule has 1 aliphatic rings. The minimum absolute atomic E-state index is 0.0463. The molecule has 40 heavy (non-hydrogen) atoms. The van der Waals surface area contributed by atoms with E-state index in [4.69, 9.17) is 37.4 Å². The summed E-state index contributed by atoms with van der Waals surface area (Å²) in [5.41, 5.74) is 0.714. The van der Waals surface area contributed by atoms with E-state index in [1.165, 1.54) is 25.3 Å². The Balaban J connectivity index is 1.67. The molecule has 0 spiro atoms. The molecule has 0 fully saturated rings. The fourth-order valence-corrected chi connectivity index (χ4v) is 5.16. The van der Waals surface area contributed by atoms with E-state index in [0.717, 1.165) is 11.8 Å². The molecule has 0 aromatic heterocycles. The van der Waals surface area contributed by atoms with E-state index >= 15 is 0 Å². The van der Waals surface area contributed by atoms with E-state index in [2.05, 4.69) is 4.99 Å². The lowest BCUT2D eigenvalue weighted by Crippen LogP contribution is -2.14. The third kappa shape index (κ3) is 6.50. The molecule has 0 radical (unpaired) electrons. The van der Waals surface area contributed by atoms with Crippen LogP contribution in [-0.2, 0) is 16.1 Å². The van der Waals surface area contributed by atoms with Gasteiger partial charge in [-0.1, -0.05) is 65.3 Å². The van der Waals surface area contributed by atoms with Crippen LogP contribution in [0.15, 0.2) is 81.9 Å². The van der Waals surface area contributed by atoms with Gasteiger partial charge in [-0.25, -0.2) is 14.2 Å². The summed E-state index contributed by atoms with van der Waals surface area (Å²) >= 11 is 13.5. The minimum atomic E-state index is -0.839. The second-order valence-corrected chi connectivity index (χ2v) is 10.0. The summed E-state index contributed by atoms with van der Waals surface area (Å²) in [5.74, 6) is -1.89. The van der Waals surface area contributed by atoms with Crippen LogP contribution >= 0.6 is 35.0 Å². The fraction of sp³-hybridized carbons (Fsp3) is 0.138. The molecule has 0 saturated carbocycles. The Labute approximate surface area is 243 Å². The number of halogens is 3. The second-order valence-electron chi connectivity index (χ2n) is 8.17. The molecule has 3 aromatic rings. The number of aliphatic hydroxyl groups excluding tert-OH is 1. The predicted octanol–water partition coefficient (Wildman–Crippen LogP) is 7.42. The highest BCUT2D eigenvalue weighted by atomic mass is 35.5. The van der Waals surface area contributed by atoms with Crippen molar-refractivity contribution in [3.63, 3.8) is 0 Å². The first kappa shape index (κ1) is 29.2. The van der Waals surface area contributed by atoms with E-state index < -0.39 is 23.5 Å². The van der Waals surface area contributed by atoms with Gasteiger partial charge in [-0.05, 0) is 48.9 Å². The summed E-state index contributed by atoms with van der Waals surface area (Å²) in [6, 6.07) is 15.7. The van der Waals surface area contributed by atoms with Gasteiger partial charge in [0, 0.05) is 5.56 Å². The maximum absolute atomic E-state index is 14.0. The Kier molecular flexibility index (Phi) is 9.52. The molecule has 0 aliphatic carbocycles. The highest BCUT2D eigenvalue weighted by Crippen LogP contribution is 2.42. The van der Waals surface area contributed by atoms with Crippen LogP contribution in [0.25, 0.3) is 6.08 Å². The maximum Gasteiger partial charge on any atom is 0.344 e. The highest BCUT2D eigenvalue weighted by Gasteiger charge is 2.34. The number of ether oxygens (including phenoxy) is 3. The monoisotopic (exact) mass is 601 g/mol. The number of nitrogens with zero attached hydrogens (tertiary/aromatic N) is 1. The van der Waals surface area contributed by atoms with Crippen LogP contribution in [0.3, 0.4) is 0 Å². The zero-order valence-electron chi connectivity index (χ0n) is 21.2. The van der Waals surface area contributed by atoms with Gasteiger partial charge in [0.2, 0.25) is 0 Å². The van der Waals surface area contributed by atoms with Gasteiger partial charge in [-0.2, -0.15) is 0 Å². The topological polar surface area (TPSA) is 94.4 Å². The summed E-state index contributed by atoms with van der Waals surface area (Å²) in [7, 11) is 1.42. The lowest BCUT2D eigenvalue weighted by atomic mass is 10.1. The van der Waals surface area contributed by atoms with E-state index in [9.17, 15) is 19.1 Å². The summed E-state index contributed by atoms with van der Waals surface area (Å²) in [5, 5.41) is 11.3. The summed E-state index contributed by atoms with van der Waals surface area (Å²) in [6.07, 6.45) is 1.54. The Morgan fingerprint density at radius 3 is 2.50 bits per heavy atom. The molecule has 1 aliphatic heterocycles. The SMILES string of the molecule is CCOC(=O)C1=C(O)/C(=C/c2cc(Cl)c(OCc3ccccc3F)c(OC)c2)SC1=NC(=O)c1ccccc1Cl. The van der Waals surface area contributed by atoms with Crippen molar-refractivity contribution in [3.8, 4) is 11.5 Å². The molecule has 3 aromatic carbocycles. The number of thioether (sulfide) groups is 1. The first-order chi connectivity index (χ1) is 19.2. The smallest absolute Gasteiger partial charge is 0.344 e. The van der Waals surface area contributed by atoms with Crippen LogP contribution in [0, 0.1) is 5.82 Å². The van der Waals surface area contributed by atoms with Crippen molar-refractivity contribution in [1.82, 2.24) is 0 Å². The van der Waals surface area contributed by atoms with Crippen molar-refractivity contribution < 1.29 is 33.3 Å². The van der Waals surface area contributed by atoms with Gasteiger partial charge < -0.3 is 19.3 Å². The molecule has 1 amide bonds. The minimum Gasteiger partial charge on any atom is -0.506 e. The average Bonchev–Trinajstić information content (AvgIpc) is 3.22.